The third kappa shape index (κ3) is 4.10. The number of aliphatic hydroxyl groups is 1. The van der Waals surface area contributed by atoms with Crippen molar-refractivity contribution in [2.45, 2.75) is 45.1 Å². The minimum absolute atomic E-state index is 0.102. The summed E-state index contributed by atoms with van der Waals surface area (Å²) >= 11 is 0. The first-order valence-electron chi connectivity index (χ1n) is 6.09. The number of rotatable bonds is 6. The topological polar surface area (TPSA) is 58.6 Å². The molecule has 0 unspecified atom stereocenters. The summed E-state index contributed by atoms with van der Waals surface area (Å²) in [5.74, 6) is 0.135. The predicted octanol–water partition coefficient (Wildman–Crippen LogP) is 1.08. The summed E-state index contributed by atoms with van der Waals surface area (Å²) in [6.45, 7) is 4.78. The monoisotopic (exact) mass is 229 g/mol. The van der Waals surface area contributed by atoms with E-state index in [2.05, 4.69) is 5.32 Å². The summed E-state index contributed by atoms with van der Waals surface area (Å²) in [5.41, 5.74) is -0.239. The summed E-state index contributed by atoms with van der Waals surface area (Å²) in [6, 6.07) is 0. The molecule has 1 saturated carbocycles. The standard InChI is InChI=1S/C12H23NO3/c1-10(2)8-16-11(15)7-13-12(9-14)5-3-4-6-12/h10,13-14H,3-9H2,1-2H3. The van der Waals surface area contributed by atoms with Gasteiger partial charge in [0.05, 0.1) is 19.8 Å². The van der Waals surface area contributed by atoms with E-state index in [1.165, 1.54) is 0 Å². The van der Waals surface area contributed by atoms with Crippen LogP contribution in [0.2, 0.25) is 0 Å². The molecule has 0 aromatic heterocycles. The molecule has 0 aliphatic heterocycles. The van der Waals surface area contributed by atoms with Gasteiger partial charge >= 0.3 is 5.97 Å². The lowest BCUT2D eigenvalue weighted by Gasteiger charge is -2.27. The number of aliphatic hydroxyl groups excluding tert-OH is 1. The summed E-state index contributed by atoms with van der Waals surface area (Å²) < 4.78 is 5.07. The van der Waals surface area contributed by atoms with Crippen LogP contribution in [-0.2, 0) is 9.53 Å². The third-order valence-corrected chi connectivity index (χ3v) is 3.05. The molecule has 1 aliphatic carbocycles. The van der Waals surface area contributed by atoms with Crippen molar-refractivity contribution in [2.75, 3.05) is 19.8 Å². The van der Waals surface area contributed by atoms with Crippen LogP contribution in [0.1, 0.15) is 39.5 Å². The van der Waals surface area contributed by atoms with Crippen molar-refractivity contribution >= 4 is 5.97 Å². The Bertz CT molecular complexity index is 222. The van der Waals surface area contributed by atoms with Crippen LogP contribution in [0.25, 0.3) is 0 Å². The second-order valence-corrected chi connectivity index (χ2v) is 5.08. The number of carbonyl (C=O) groups is 1. The normalized spacial score (nSPS) is 19.0. The van der Waals surface area contributed by atoms with Gasteiger partial charge in [-0.25, -0.2) is 0 Å². The molecule has 0 amide bonds. The van der Waals surface area contributed by atoms with E-state index in [9.17, 15) is 9.90 Å². The SMILES string of the molecule is CC(C)COC(=O)CNC1(CO)CCCC1. The molecule has 0 saturated heterocycles. The Morgan fingerprint density at radius 1 is 1.44 bits per heavy atom. The molecule has 0 bridgehead atoms. The van der Waals surface area contributed by atoms with Gasteiger partial charge in [0.2, 0.25) is 0 Å². The van der Waals surface area contributed by atoms with Gasteiger partial charge in [-0.3, -0.25) is 10.1 Å². The minimum atomic E-state index is -0.239. The zero-order chi connectivity index (χ0) is 12.0. The molecule has 0 radical (unpaired) electrons. The van der Waals surface area contributed by atoms with E-state index >= 15 is 0 Å². The van der Waals surface area contributed by atoms with Crippen molar-refractivity contribution in [1.82, 2.24) is 5.32 Å². The molecule has 1 fully saturated rings. The largest absolute Gasteiger partial charge is 0.464 e. The molecule has 4 heteroatoms. The predicted molar refractivity (Wildman–Crippen MR) is 62.1 cm³/mol. The van der Waals surface area contributed by atoms with Crippen molar-refractivity contribution < 1.29 is 14.6 Å². The van der Waals surface area contributed by atoms with Crippen LogP contribution in [0, 0.1) is 5.92 Å². The number of hydrogen-bond donors (Lipinski definition) is 2. The van der Waals surface area contributed by atoms with E-state index in [-0.39, 0.29) is 24.7 Å². The molecule has 16 heavy (non-hydrogen) atoms. The van der Waals surface area contributed by atoms with Crippen LogP contribution in [0.3, 0.4) is 0 Å². The lowest BCUT2D eigenvalue weighted by Crippen LogP contribution is -2.48. The molecule has 0 atom stereocenters. The summed E-state index contributed by atoms with van der Waals surface area (Å²) in [5, 5.41) is 12.5. The van der Waals surface area contributed by atoms with E-state index in [0.717, 1.165) is 25.7 Å². The van der Waals surface area contributed by atoms with Crippen molar-refractivity contribution in [1.29, 1.82) is 0 Å². The number of esters is 1. The van der Waals surface area contributed by atoms with Crippen LogP contribution in [-0.4, -0.2) is 36.4 Å². The number of ether oxygens (including phenoxy) is 1. The Hall–Kier alpha value is -0.610. The Kier molecular flexibility index (Phi) is 5.22. The van der Waals surface area contributed by atoms with Crippen molar-refractivity contribution in [3.63, 3.8) is 0 Å². The van der Waals surface area contributed by atoms with Crippen molar-refractivity contribution in [3.05, 3.63) is 0 Å². The van der Waals surface area contributed by atoms with Gasteiger partial charge in [0.15, 0.2) is 0 Å². The minimum Gasteiger partial charge on any atom is -0.464 e. The highest BCUT2D eigenvalue weighted by atomic mass is 16.5. The number of hydrogen-bond acceptors (Lipinski definition) is 4. The third-order valence-electron chi connectivity index (χ3n) is 3.05. The molecule has 94 valence electrons. The van der Waals surface area contributed by atoms with Gasteiger partial charge in [0, 0.05) is 5.54 Å². The maximum Gasteiger partial charge on any atom is 0.319 e. The van der Waals surface area contributed by atoms with Gasteiger partial charge in [-0.15, -0.1) is 0 Å². The maximum atomic E-state index is 11.4. The second-order valence-electron chi connectivity index (χ2n) is 5.08. The van der Waals surface area contributed by atoms with Crippen LogP contribution >= 0.6 is 0 Å². The summed E-state index contributed by atoms with van der Waals surface area (Å²) in [4.78, 5) is 11.4. The maximum absolute atomic E-state index is 11.4. The van der Waals surface area contributed by atoms with Crippen molar-refractivity contribution in [2.24, 2.45) is 5.92 Å². The van der Waals surface area contributed by atoms with Crippen LogP contribution in [0.4, 0.5) is 0 Å². The summed E-state index contributed by atoms with van der Waals surface area (Å²) in [7, 11) is 0. The smallest absolute Gasteiger partial charge is 0.319 e. The molecule has 0 aromatic carbocycles. The van der Waals surface area contributed by atoms with E-state index in [1.54, 1.807) is 0 Å². The molecule has 1 rings (SSSR count). The van der Waals surface area contributed by atoms with E-state index < -0.39 is 0 Å². The fourth-order valence-electron chi connectivity index (χ4n) is 2.01. The average molecular weight is 229 g/mol. The zero-order valence-electron chi connectivity index (χ0n) is 10.3. The van der Waals surface area contributed by atoms with Crippen molar-refractivity contribution in [3.8, 4) is 0 Å². The quantitative estimate of drug-likeness (QED) is 0.669. The molecule has 0 spiro atoms. The first kappa shape index (κ1) is 13.5. The average Bonchev–Trinajstić information content (AvgIpc) is 2.73. The molecular formula is C12H23NO3. The lowest BCUT2D eigenvalue weighted by molar-refractivity contribution is -0.144. The van der Waals surface area contributed by atoms with Gasteiger partial charge in [-0.05, 0) is 18.8 Å². The Morgan fingerprint density at radius 3 is 2.56 bits per heavy atom. The Labute approximate surface area is 97.4 Å². The van der Waals surface area contributed by atoms with E-state index in [0.29, 0.717) is 12.5 Å². The highest BCUT2D eigenvalue weighted by molar-refractivity contribution is 5.71. The first-order chi connectivity index (χ1) is 7.58. The van der Waals surface area contributed by atoms with Gasteiger partial charge < -0.3 is 9.84 Å². The van der Waals surface area contributed by atoms with Crippen LogP contribution < -0.4 is 5.32 Å². The Morgan fingerprint density at radius 2 is 2.06 bits per heavy atom. The number of carbonyl (C=O) groups excluding carboxylic acids is 1. The van der Waals surface area contributed by atoms with Crippen LogP contribution in [0.5, 0.6) is 0 Å². The highest BCUT2D eigenvalue weighted by Crippen LogP contribution is 2.28. The molecule has 0 aromatic rings. The van der Waals surface area contributed by atoms with Gasteiger partial charge in [0.1, 0.15) is 0 Å². The van der Waals surface area contributed by atoms with Gasteiger partial charge in [0.25, 0.3) is 0 Å². The molecule has 4 nitrogen and oxygen atoms in total. The second kappa shape index (κ2) is 6.21. The first-order valence-corrected chi connectivity index (χ1v) is 6.09. The molecule has 1 aliphatic rings. The fourth-order valence-corrected chi connectivity index (χ4v) is 2.01. The van der Waals surface area contributed by atoms with Crippen LogP contribution in [0.15, 0.2) is 0 Å². The molecule has 0 heterocycles. The number of nitrogens with one attached hydrogen (secondary N) is 1. The lowest BCUT2D eigenvalue weighted by atomic mass is 9.99. The fraction of sp³-hybridized carbons (Fsp3) is 0.917. The Balaban J connectivity index is 2.24. The van der Waals surface area contributed by atoms with E-state index in [4.69, 9.17) is 4.74 Å². The summed E-state index contributed by atoms with van der Waals surface area (Å²) in [6.07, 6.45) is 4.13. The van der Waals surface area contributed by atoms with Gasteiger partial charge in [-0.1, -0.05) is 26.7 Å². The van der Waals surface area contributed by atoms with E-state index in [1.807, 2.05) is 13.8 Å². The molecule has 2 N–H and O–H groups in total. The van der Waals surface area contributed by atoms with Gasteiger partial charge in [-0.2, -0.15) is 0 Å². The highest BCUT2D eigenvalue weighted by Gasteiger charge is 2.33. The molecular weight excluding hydrogens is 206 g/mol. The zero-order valence-corrected chi connectivity index (χ0v) is 10.3.